The fourth-order valence-electron chi connectivity index (χ4n) is 1.75. The maximum absolute atomic E-state index is 11.8. The van der Waals surface area contributed by atoms with E-state index in [0.29, 0.717) is 23.6 Å². The summed E-state index contributed by atoms with van der Waals surface area (Å²) >= 11 is 6.02. The zero-order valence-corrected chi connectivity index (χ0v) is 15.6. The molecule has 0 bridgehead atoms. The molecule has 0 aromatic carbocycles. The van der Waals surface area contributed by atoms with Crippen LogP contribution in [0.4, 0.5) is 0 Å². The van der Waals surface area contributed by atoms with Crippen molar-refractivity contribution in [2.75, 3.05) is 34.2 Å². The molecule has 0 aliphatic carbocycles. The van der Waals surface area contributed by atoms with E-state index in [1.165, 1.54) is 4.90 Å². The normalized spacial score (nSPS) is 11.7. The molecule has 0 radical (unpaired) electrons. The number of guanidine groups is 1. The van der Waals surface area contributed by atoms with E-state index in [2.05, 4.69) is 29.1 Å². The lowest BCUT2D eigenvalue weighted by atomic mass is 10.2. The van der Waals surface area contributed by atoms with Crippen LogP contribution in [-0.4, -0.2) is 65.5 Å². The SMILES string of the molecule is CC(C)CNC(=NCC(=O)N(C)C)N(C)Cc1ncc(Cl)n1C. The first-order chi connectivity index (χ1) is 10.7. The van der Waals surface area contributed by atoms with Gasteiger partial charge >= 0.3 is 0 Å². The molecule has 1 heterocycles. The molecule has 1 amide bonds. The quantitative estimate of drug-likeness (QED) is 0.623. The number of nitrogens with one attached hydrogen (secondary N) is 1. The van der Waals surface area contributed by atoms with Crippen molar-refractivity contribution in [3.05, 3.63) is 17.2 Å². The van der Waals surface area contributed by atoms with E-state index in [1.807, 2.05) is 23.6 Å². The Morgan fingerprint density at radius 1 is 1.43 bits per heavy atom. The summed E-state index contributed by atoms with van der Waals surface area (Å²) in [6.07, 6.45) is 1.62. The van der Waals surface area contributed by atoms with Crippen molar-refractivity contribution in [1.82, 2.24) is 24.7 Å². The van der Waals surface area contributed by atoms with Gasteiger partial charge in [0.2, 0.25) is 5.91 Å². The predicted octanol–water partition coefficient (Wildman–Crippen LogP) is 1.20. The van der Waals surface area contributed by atoms with Crippen LogP contribution in [0.3, 0.4) is 0 Å². The fraction of sp³-hybridized carbons (Fsp3) is 0.667. The molecule has 0 unspecified atom stereocenters. The minimum atomic E-state index is -0.0396. The van der Waals surface area contributed by atoms with Gasteiger partial charge in [0.1, 0.15) is 17.5 Å². The molecule has 1 aromatic rings. The Kier molecular flexibility index (Phi) is 7.35. The largest absolute Gasteiger partial charge is 0.356 e. The summed E-state index contributed by atoms with van der Waals surface area (Å²) in [6.45, 7) is 5.67. The summed E-state index contributed by atoms with van der Waals surface area (Å²) in [5.41, 5.74) is 0. The third-order valence-corrected chi connectivity index (χ3v) is 3.65. The molecule has 0 saturated carbocycles. The number of imidazole rings is 1. The minimum Gasteiger partial charge on any atom is -0.356 e. The summed E-state index contributed by atoms with van der Waals surface area (Å²) in [5.74, 6) is 1.94. The first-order valence-electron chi connectivity index (χ1n) is 7.58. The number of rotatable bonds is 6. The highest BCUT2D eigenvalue weighted by molar-refractivity contribution is 6.29. The number of aromatic nitrogens is 2. The van der Waals surface area contributed by atoms with E-state index in [1.54, 1.807) is 20.3 Å². The molecular formula is C15H27ClN6O. The second kappa shape index (κ2) is 8.76. The van der Waals surface area contributed by atoms with Crippen LogP contribution in [0.5, 0.6) is 0 Å². The third kappa shape index (κ3) is 6.09. The lowest BCUT2D eigenvalue weighted by molar-refractivity contribution is -0.127. The Morgan fingerprint density at radius 2 is 2.09 bits per heavy atom. The number of hydrogen-bond donors (Lipinski definition) is 1. The maximum atomic E-state index is 11.8. The summed E-state index contributed by atoms with van der Waals surface area (Å²) in [5, 5.41) is 3.88. The summed E-state index contributed by atoms with van der Waals surface area (Å²) in [6, 6.07) is 0. The number of amides is 1. The number of likely N-dealkylation sites (N-methyl/N-ethyl adjacent to an activating group) is 1. The topological polar surface area (TPSA) is 65.8 Å². The van der Waals surface area contributed by atoms with Gasteiger partial charge in [-0.25, -0.2) is 9.98 Å². The molecule has 0 fully saturated rings. The molecule has 130 valence electrons. The molecule has 0 aliphatic rings. The Balaban J connectivity index is 2.82. The number of carbonyl (C=O) groups is 1. The number of hydrogen-bond acceptors (Lipinski definition) is 3. The number of halogens is 1. The molecular weight excluding hydrogens is 316 g/mol. The van der Waals surface area contributed by atoms with E-state index in [0.717, 1.165) is 12.4 Å². The third-order valence-electron chi connectivity index (χ3n) is 3.30. The Morgan fingerprint density at radius 3 is 2.57 bits per heavy atom. The van der Waals surface area contributed by atoms with Crippen molar-refractivity contribution in [2.24, 2.45) is 18.0 Å². The number of carbonyl (C=O) groups excluding carboxylic acids is 1. The maximum Gasteiger partial charge on any atom is 0.243 e. The van der Waals surface area contributed by atoms with Crippen LogP contribution in [0.15, 0.2) is 11.2 Å². The van der Waals surface area contributed by atoms with Gasteiger partial charge < -0.3 is 19.7 Å². The molecule has 0 atom stereocenters. The van der Waals surface area contributed by atoms with Gasteiger partial charge in [0, 0.05) is 34.7 Å². The van der Waals surface area contributed by atoms with Crippen molar-refractivity contribution in [3.63, 3.8) is 0 Å². The second-order valence-corrected chi connectivity index (χ2v) is 6.50. The smallest absolute Gasteiger partial charge is 0.243 e. The van der Waals surface area contributed by atoms with Crippen LogP contribution in [-0.2, 0) is 18.4 Å². The van der Waals surface area contributed by atoms with Gasteiger partial charge in [0.05, 0.1) is 12.7 Å². The van der Waals surface area contributed by atoms with Crippen molar-refractivity contribution < 1.29 is 4.79 Å². The molecule has 23 heavy (non-hydrogen) atoms. The molecule has 0 aliphatic heterocycles. The Bertz CT molecular complexity index is 552. The zero-order chi connectivity index (χ0) is 17.6. The molecule has 1 rings (SSSR count). The van der Waals surface area contributed by atoms with Gasteiger partial charge in [-0.15, -0.1) is 0 Å². The summed E-state index contributed by atoms with van der Waals surface area (Å²) in [7, 11) is 7.22. The minimum absolute atomic E-state index is 0.0396. The van der Waals surface area contributed by atoms with Crippen molar-refractivity contribution in [3.8, 4) is 0 Å². The predicted molar refractivity (Wildman–Crippen MR) is 93.5 cm³/mol. The molecule has 0 saturated heterocycles. The van der Waals surface area contributed by atoms with Crippen LogP contribution in [0.2, 0.25) is 5.15 Å². The first-order valence-corrected chi connectivity index (χ1v) is 7.95. The van der Waals surface area contributed by atoms with Gasteiger partial charge in [-0.1, -0.05) is 25.4 Å². The molecule has 0 spiro atoms. The molecule has 7 nitrogen and oxygen atoms in total. The van der Waals surface area contributed by atoms with Gasteiger partial charge in [-0.05, 0) is 5.92 Å². The van der Waals surface area contributed by atoms with Crippen molar-refractivity contribution >= 4 is 23.5 Å². The Hall–Kier alpha value is -1.76. The van der Waals surface area contributed by atoms with Gasteiger partial charge in [0.15, 0.2) is 5.96 Å². The number of nitrogens with zero attached hydrogens (tertiary/aromatic N) is 5. The van der Waals surface area contributed by atoms with Crippen LogP contribution < -0.4 is 5.32 Å². The fourth-order valence-corrected chi connectivity index (χ4v) is 1.90. The van der Waals surface area contributed by atoms with E-state index in [4.69, 9.17) is 11.6 Å². The lowest BCUT2D eigenvalue weighted by Crippen LogP contribution is -2.41. The van der Waals surface area contributed by atoms with Crippen molar-refractivity contribution in [2.45, 2.75) is 20.4 Å². The lowest BCUT2D eigenvalue weighted by Gasteiger charge is -2.23. The van der Waals surface area contributed by atoms with Crippen LogP contribution >= 0.6 is 11.6 Å². The summed E-state index contributed by atoms with van der Waals surface area (Å²) < 4.78 is 1.82. The Labute approximate surface area is 143 Å². The molecule has 1 aromatic heterocycles. The molecule has 8 heteroatoms. The summed E-state index contributed by atoms with van der Waals surface area (Å²) in [4.78, 5) is 23.9. The van der Waals surface area contributed by atoms with E-state index in [9.17, 15) is 4.79 Å². The standard InChI is InChI=1S/C15H27ClN6O/c1-11(2)7-18-15(19-9-14(23)20(3)4)21(5)10-13-17-8-12(16)22(13)6/h8,11H,7,9-10H2,1-6H3,(H,18,19). The highest BCUT2D eigenvalue weighted by Crippen LogP contribution is 2.10. The highest BCUT2D eigenvalue weighted by atomic mass is 35.5. The number of aliphatic imine (C=N–C) groups is 1. The molecule has 1 N–H and O–H groups in total. The van der Waals surface area contributed by atoms with E-state index in [-0.39, 0.29) is 12.5 Å². The van der Waals surface area contributed by atoms with Gasteiger partial charge in [0.25, 0.3) is 0 Å². The van der Waals surface area contributed by atoms with E-state index >= 15 is 0 Å². The van der Waals surface area contributed by atoms with Crippen molar-refractivity contribution in [1.29, 1.82) is 0 Å². The van der Waals surface area contributed by atoms with Crippen LogP contribution in [0, 0.1) is 5.92 Å². The average Bonchev–Trinajstić information content (AvgIpc) is 2.78. The zero-order valence-electron chi connectivity index (χ0n) is 14.8. The monoisotopic (exact) mass is 342 g/mol. The van der Waals surface area contributed by atoms with Gasteiger partial charge in [-0.3, -0.25) is 4.79 Å². The van der Waals surface area contributed by atoms with Crippen LogP contribution in [0.1, 0.15) is 19.7 Å². The highest BCUT2D eigenvalue weighted by Gasteiger charge is 2.13. The average molecular weight is 343 g/mol. The van der Waals surface area contributed by atoms with Gasteiger partial charge in [-0.2, -0.15) is 0 Å². The van der Waals surface area contributed by atoms with E-state index < -0.39 is 0 Å². The second-order valence-electron chi connectivity index (χ2n) is 6.11. The first kappa shape index (κ1) is 19.3. The van der Waals surface area contributed by atoms with Crippen LogP contribution in [0.25, 0.3) is 0 Å².